The highest BCUT2D eigenvalue weighted by Crippen LogP contribution is 2.22. The summed E-state index contributed by atoms with van der Waals surface area (Å²) in [6, 6.07) is 12.5. The van der Waals surface area contributed by atoms with Gasteiger partial charge in [-0.15, -0.1) is 0 Å². The lowest BCUT2D eigenvalue weighted by molar-refractivity contribution is -0.129. The summed E-state index contributed by atoms with van der Waals surface area (Å²) in [7, 11) is 2.05. The number of nitrogens with zero attached hydrogens (tertiary/aromatic N) is 4. The monoisotopic (exact) mass is 377 g/mol. The van der Waals surface area contributed by atoms with E-state index in [2.05, 4.69) is 32.9 Å². The number of likely N-dealkylation sites (tertiary alicyclic amines) is 1. The van der Waals surface area contributed by atoms with Crippen molar-refractivity contribution in [2.75, 3.05) is 13.1 Å². The van der Waals surface area contributed by atoms with Crippen molar-refractivity contribution in [1.82, 2.24) is 24.8 Å². The first-order valence-electron chi connectivity index (χ1n) is 10.0. The molecule has 146 valence electrons. The van der Waals surface area contributed by atoms with Crippen LogP contribution in [-0.2, 0) is 24.8 Å². The van der Waals surface area contributed by atoms with Gasteiger partial charge in [-0.25, -0.2) is 4.98 Å². The van der Waals surface area contributed by atoms with Crippen LogP contribution >= 0.6 is 0 Å². The molecule has 0 spiro atoms. The summed E-state index contributed by atoms with van der Waals surface area (Å²) in [5.41, 5.74) is 3.39. The number of rotatable bonds is 8. The second-order valence-electron chi connectivity index (χ2n) is 7.43. The van der Waals surface area contributed by atoms with E-state index in [9.17, 15) is 4.79 Å². The Morgan fingerprint density at radius 3 is 2.82 bits per heavy atom. The molecule has 1 N–H and O–H groups in total. The molecule has 6 nitrogen and oxygen atoms in total. The molecular formula is C22H27N5O. The van der Waals surface area contributed by atoms with Crippen LogP contribution in [0.15, 0.2) is 48.8 Å². The number of para-hydroxylation sites is 2. The molecule has 1 atom stereocenters. The molecule has 1 unspecified atom stereocenters. The Kier molecular flexibility index (Phi) is 5.67. The molecule has 2 aromatic heterocycles. The maximum absolute atomic E-state index is 12.4. The van der Waals surface area contributed by atoms with Gasteiger partial charge in [-0.2, -0.15) is 0 Å². The minimum Gasteiger partial charge on any atom is -0.339 e. The van der Waals surface area contributed by atoms with Gasteiger partial charge in [0.05, 0.1) is 11.0 Å². The fourth-order valence-corrected chi connectivity index (χ4v) is 4.04. The third-order valence-corrected chi connectivity index (χ3v) is 5.64. The lowest BCUT2D eigenvalue weighted by atomic mass is 10.1. The summed E-state index contributed by atoms with van der Waals surface area (Å²) >= 11 is 0. The van der Waals surface area contributed by atoms with E-state index in [1.165, 1.54) is 5.56 Å². The summed E-state index contributed by atoms with van der Waals surface area (Å²) in [4.78, 5) is 23.2. The molecule has 4 rings (SSSR count). The molecule has 1 saturated heterocycles. The summed E-state index contributed by atoms with van der Waals surface area (Å²) in [6.07, 6.45) is 7.03. The minimum atomic E-state index is 0.276. The fourth-order valence-electron chi connectivity index (χ4n) is 4.04. The zero-order valence-corrected chi connectivity index (χ0v) is 16.3. The highest BCUT2D eigenvalue weighted by atomic mass is 16.2. The van der Waals surface area contributed by atoms with E-state index >= 15 is 0 Å². The second-order valence-corrected chi connectivity index (χ2v) is 7.43. The number of aryl methyl sites for hydroxylation is 1. The summed E-state index contributed by atoms with van der Waals surface area (Å²) in [5, 5.41) is 3.48. The number of hydrogen-bond acceptors (Lipinski definition) is 4. The summed E-state index contributed by atoms with van der Waals surface area (Å²) in [5.74, 6) is 1.31. The predicted octanol–water partition coefficient (Wildman–Crippen LogP) is 2.68. The Morgan fingerprint density at radius 1 is 1.18 bits per heavy atom. The van der Waals surface area contributed by atoms with Gasteiger partial charge in [-0.3, -0.25) is 9.78 Å². The first kappa shape index (κ1) is 18.6. The van der Waals surface area contributed by atoms with Crippen molar-refractivity contribution in [3.63, 3.8) is 0 Å². The van der Waals surface area contributed by atoms with Gasteiger partial charge < -0.3 is 14.8 Å². The molecule has 1 fully saturated rings. The van der Waals surface area contributed by atoms with Gasteiger partial charge >= 0.3 is 0 Å². The normalized spacial score (nSPS) is 17.0. The smallest absolute Gasteiger partial charge is 0.222 e. The number of benzene rings is 1. The maximum atomic E-state index is 12.4. The van der Waals surface area contributed by atoms with Crippen LogP contribution in [0.3, 0.4) is 0 Å². The molecule has 1 aliphatic heterocycles. The zero-order valence-electron chi connectivity index (χ0n) is 16.3. The van der Waals surface area contributed by atoms with Crippen LogP contribution in [0.2, 0.25) is 0 Å². The predicted molar refractivity (Wildman–Crippen MR) is 110 cm³/mol. The molecule has 6 heteroatoms. The quantitative estimate of drug-likeness (QED) is 0.613. The standard InChI is InChI=1S/C22H27N5O/c1-26-20-5-3-2-4-19(20)25-21(26)11-15-27-18(6-7-22(27)28)10-14-24-16-17-8-12-23-13-9-17/h2-5,8-9,12-13,18,24H,6-7,10-11,14-16H2,1H3. The molecule has 1 aliphatic rings. The number of aromatic nitrogens is 3. The molecule has 3 aromatic rings. The van der Waals surface area contributed by atoms with E-state index in [0.717, 1.165) is 55.8 Å². The van der Waals surface area contributed by atoms with Crippen LogP contribution in [-0.4, -0.2) is 44.5 Å². The lowest BCUT2D eigenvalue weighted by Gasteiger charge is -2.25. The summed E-state index contributed by atoms with van der Waals surface area (Å²) < 4.78 is 2.14. The van der Waals surface area contributed by atoms with E-state index in [-0.39, 0.29) is 5.91 Å². The van der Waals surface area contributed by atoms with E-state index in [1.807, 2.05) is 42.7 Å². The van der Waals surface area contributed by atoms with Crippen molar-refractivity contribution in [3.05, 3.63) is 60.2 Å². The molecule has 1 aromatic carbocycles. The Hall–Kier alpha value is -2.73. The van der Waals surface area contributed by atoms with Gasteiger partial charge in [-0.1, -0.05) is 12.1 Å². The molecule has 0 saturated carbocycles. The van der Waals surface area contributed by atoms with Crippen LogP contribution < -0.4 is 5.32 Å². The van der Waals surface area contributed by atoms with Crippen molar-refractivity contribution in [3.8, 4) is 0 Å². The first-order chi connectivity index (χ1) is 13.7. The van der Waals surface area contributed by atoms with Gasteiger partial charge in [0.25, 0.3) is 0 Å². The van der Waals surface area contributed by atoms with Crippen LogP contribution in [0.4, 0.5) is 0 Å². The number of carbonyl (C=O) groups is 1. The van der Waals surface area contributed by atoms with Crippen LogP contribution in [0.25, 0.3) is 11.0 Å². The molecule has 0 bridgehead atoms. The van der Waals surface area contributed by atoms with Gasteiger partial charge in [0, 0.05) is 51.4 Å². The van der Waals surface area contributed by atoms with Crippen LogP contribution in [0, 0.1) is 0 Å². The molecule has 1 amide bonds. The van der Waals surface area contributed by atoms with Gasteiger partial charge in [-0.05, 0) is 49.2 Å². The van der Waals surface area contributed by atoms with E-state index in [0.29, 0.717) is 12.5 Å². The van der Waals surface area contributed by atoms with Crippen molar-refractivity contribution in [2.45, 2.75) is 38.3 Å². The topological polar surface area (TPSA) is 63.1 Å². The van der Waals surface area contributed by atoms with Gasteiger partial charge in [0.15, 0.2) is 0 Å². The van der Waals surface area contributed by atoms with Gasteiger partial charge in [0.1, 0.15) is 5.82 Å². The highest BCUT2D eigenvalue weighted by molar-refractivity contribution is 5.79. The molecular weight excluding hydrogens is 350 g/mol. The first-order valence-corrected chi connectivity index (χ1v) is 10.0. The average Bonchev–Trinajstić information content (AvgIpc) is 3.24. The fraction of sp³-hybridized carbons (Fsp3) is 0.409. The lowest BCUT2D eigenvalue weighted by Crippen LogP contribution is -2.36. The third kappa shape index (κ3) is 4.07. The van der Waals surface area contributed by atoms with Crippen molar-refractivity contribution < 1.29 is 4.79 Å². The van der Waals surface area contributed by atoms with E-state index in [4.69, 9.17) is 4.98 Å². The highest BCUT2D eigenvalue weighted by Gasteiger charge is 2.30. The van der Waals surface area contributed by atoms with Crippen LogP contribution in [0.1, 0.15) is 30.7 Å². The largest absolute Gasteiger partial charge is 0.339 e. The van der Waals surface area contributed by atoms with Crippen molar-refractivity contribution in [2.24, 2.45) is 7.05 Å². The molecule has 3 heterocycles. The van der Waals surface area contributed by atoms with Crippen molar-refractivity contribution in [1.29, 1.82) is 0 Å². The molecule has 0 aliphatic carbocycles. The van der Waals surface area contributed by atoms with Crippen LogP contribution in [0.5, 0.6) is 0 Å². The molecule has 0 radical (unpaired) electrons. The maximum Gasteiger partial charge on any atom is 0.222 e. The minimum absolute atomic E-state index is 0.276. The van der Waals surface area contributed by atoms with E-state index < -0.39 is 0 Å². The SMILES string of the molecule is Cn1c(CCN2C(=O)CCC2CCNCc2ccncc2)nc2ccccc21. The number of fused-ring (bicyclic) bond motifs is 1. The number of imidazole rings is 1. The van der Waals surface area contributed by atoms with E-state index in [1.54, 1.807) is 0 Å². The third-order valence-electron chi connectivity index (χ3n) is 5.64. The average molecular weight is 377 g/mol. The number of amides is 1. The van der Waals surface area contributed by atoms with Crippen molar-refractivity contribution >= 4 is 16.9 Å². The second kappa shape index (κ2) is 8.52. The summed E-state index contributed by atoms with van der Waals surface area (Å²) in [6.45, 7) is 2.48. The van der Waals surface area contributed by atoms with Gasteiger partial charge in [0.2, 0.25) is 5.91 Å². The number of pyridine rings is 1. The zero-order chi connectivity index (χ0) is 19.3. The Morgan fingerprint density at radius 2 is 2.00 bits per heavy atom. The molecule has 28 heavy (non-hydrogen) atoms. The number of hydrogen-bond donors (Lipinski definition) is 1. The Balaban J connectivity index is 1.31. The Labute approximate surface area is 165 Å². The number of carbonyl (C=O) groups excluding carboxylic acids is 1. The number of nitrogens with one attached hydrogen (secondary N) is 1. The Bertz CT molecular complexity index is 937.